The summed E-state index contributed by atoms with van der Waals surface area (Å²) >= 11 is 0. The van der Waals surface area contributed by atoms with E-state index in [2.05, 4.69) is 0 Å². The van der Waals surface area contributed by atoms with Crippen molar-refractivity contribution in [3.63, 3.8) is 0 Å². The van der Waals surface area contributed by atoms with Gasteiger partial charge >= 0.3 is 0 Å². The third kappa shape index (κ3) is 1.93. The standard InChI is InChI=1S/C6H12O3/c1-8-6-4-2-3-5(7)9-6/h5-7H,2-4H2,1H3. The normalized spacial score (nSPS) is 36.7. The van der Waals surface area contributed by atoms with Gasteiger partial charge in [0.15, 0.2) is 12.6 Å². The molecule has 0 saturated carbocycles. The lowest BCUT2D eigenvalue weighted by molar-refractivity contribution is -0.242. The van der Waals surface area contributed by atoms with Gasteiger partial charge in [-0.15, -0.1) is 0 Å². The summed E-state index contributed by atoms with van der Waals surface area (Å²) in [7, 11) is 1.59. The van der Waals surface area contributed by atoms with Gasteiger partial charge in [0, 0.05) is 7.11 Å². The van der Waals surface area contributed by atoms with E-state index in [1.165, 1.54) is 0 Å². The van der Waals surface area contributed by atoms with Gasteiger partial charge in [0.1, 0.15) is 0 Å². The molecule has 1 saturated heterocycles. The first-order chi connectivity index (χ1) is 4.33. The third-order valence-electron chi connectivity index (χ3n) is 1.46. The molecule has 9 heavy (non-hydrogen) atoms. The largest absolute Gasteiger partial charge is 0.368 e. The Morgan fingerprint density at radius 3 is 2.78 bits per heavy atom. The maximum atomic E-state index is 8.91. The van der Waals surface area contributed by atoms with Gasteiger partial charge in [0.05, 0.1) is 0 Å². The minimum absolute atomic E-state index is 0.186. The quantitative estimate of drug-likeness (QED) is 0.564. The molecule has 0 radical (unpaired) electrons. The highest BCUT2D eigenvalue weighted by atomic mass is 16.7. The van der Waals surface area contributed by atoms with Crippen molar-refractivity contribution in [3.8, 4) is 0 Å². The summed E-state index contributed by atoms with van der Waals surface area (Å²) in [5.74, 6) is 0. The summed E-state index contributed by atoms with van der Waals surface area (Å²) in [5.41, 5.74) is 0. The predicted octanol–water partition coefficient (Wildman–Crippen LogP) is 0.478. The molecule has 1 aliphatic heterocycles. The second-order valence-electron chi connectivity index (χ2n) is 2.19. The Balaban J connectivity index is 2.23. The second kappa shape index (κ2) is 3.15. The van der Waals surface area contributed by atoms with Crippen LogP contribution in [0.3, 0.4) is 0 Å². The zero-order chi connectivity index (χ0) is 6.69. The van der Waals surface area contributed by atoms with E-state index in [4.69, 9.17) is 14.6 Å². The maximum absolute atomic E-state index is 8.91. The molecule has 54 valence electrons. The highest BCUT2D eigenvalue weighted by molar-refractivity contribution is 4.55. The lowest BCUT2D eigenvalue weighted by Crippen LogP contribution is -2.28. The SMILES string of the molecule is COC1CCCC(O)O1. The van der Waals surface area contributed by atoms with Crippen molar-refractivity contribution in [1.82, 2.24) is 0 Å². The lowest BCUT2D eigenvalue weighted by atomic mass is 10.2. The topological polar surface area (TPSA) is 38.7 Å². The molecule has 2 unspecified atom stereocenters. The number of ether oxygens (including phenoxy) is 2. The smallest absolute Gasteiger partial charge is 0.160 e. The van der Waals surface area contributed by atoms with E-state index in [0.717, 1.165) is 19.3 Å². The average Bonchev–Trinajstić information content (AvgIpc) is 1.88. The maximum Gasteiger partial charge on any atom is 0.160 e. The lowest BCUT2D eigenvalue weighted by Gasteiger charge is -2.24. The molecule has 1 heterocycles. The van der Waals surface area contributed by atoms with E-state index in [1.807, 2.05) is 0 Å². The van der Waals surface area contributed by atoms with Crippen molar-refractivity contribution in [2.24, 2.45) is 0 Å². The molecule has 1 N–H and O–H groups in total. The van der Waals surface area contributed by atoms with Crippen LogP contribution in [0.1, 0.15) is 19.3 Å². The van der Waals surface area contributed by atoms with Crippen LogP contribution in [0.4, 0.5) is 0 Å². The molecule has 0 bridgehead atoms. The number of rotatable bonds is 1. The minimum Gasteiger partial charge on any atom is -0.368 e. The number of aliphatic hydroxyl groups excluding tert-OH is 1. The summed E-state index contributed by atoms with van der Waals surface area (Å²) in [5, 5.41) is 8.91. The number of aliphatic hydroxyl groups is 1. The summed E-state index contributed by atoms with van der Waals surface area (Å²) in [6.07, 6.45) is 1.82. The van der Waals surface area contributed by atoms with Crippen LogP contribution in [-0.4, -0.2) is 24.8 Å². The van der Waals surface area contributed by atoms with E-state index >= 15 is 0 Å². The highest BCUT2D eigenvalue weighted by Gasteiger charge is 2.18. The fourth-order valence-corrected chi connectivity index (χ4v) is 0.944. The van der Waals surface area contributed by atoms with Crippen molar-refractivity contribution in [1.29, 1.82) is 0 Å². The van der Waals surface area contributed by atoms with E-state index in [1.54, 1.807) is 7.11 Å². The van der Waals surface area contributed by atoms with Gasteiger partial charge in [-0.3, -0.25) is 0 Å². The van der Waals surface area contributed by atoms with Gasteiger partial charge in [0.2, 0.25) is 0 Å². The van der Waals surface area contributed by atoms with Gasteiger partial charge in [-0.2, -0.15) is 0 Å². The highest BCUT2D eigenvalue weighted by Crippen LogP contribution is 2.16. The average molecular weight is 132 g/mol. The molecular formula is C6H12O3. The summed E-state index contributed by atoms with van der Waals surface area (Å²) in [6, 6.07) is 0. The Labute approximate surface area is 54.6 Å². The molecule has 1 rings (SSSR count). The van der Waals surface area contributed by atoms with Gasteiger partial charge in [-0.1, -0.05) is 0 Å². The molecule has 0 spiro atoms. The number of hydrogen-bond donors (Lipinski definition) is 1. The van der Waals surface area contributed by atoms with Crippen LogP contribution in [0, 0.1) is 0 Å². The zero-order valence-electron chi connectivity index (χ0n) is 5.54. The molecule has 0 aromatic heterocycles. The second-order valence-corrected chi connectivity index (χ2v) is 2.19. The van der Waals surface area contributed by atoms with Crippen LogP contribution in [-0.2, 0) is 9.47 Å². The Bertz CT molecular complexity index is 84.4. The molecule has 0 aromatic rings. The van der Waals surface area contributed by atoms with Gasteiger partial charge in [0.25, 0.3) is 0 Å². The minimum atomic E-state index is -0.608. The van der Waals surface area contributed by atoms with Gasteiger partial charge < -0.3 is 14.6 Å². The van der Waals surface area contributed by atoms with Gasteiger partial charge in [-0.05, 0) is 19.3 Å². The molecule has 0 aliphatic carbocycles. The molecule has 1 aliphatic rings. The Morgan fingerprint density at radius 2 is 2.33 bits per heavy atom. The Kier molecular flexibility index (Phi) is 2.45. The molecule has 2 atom stereocenters. The van der Waals surface area contributed by atoms with Gasteiger partial charge in [-0.25, -0.2) is 0 Å². The summed E-state index contributed by atoms with van der Waals surface area (Å²) < 4.78 is 9.85. The monoisotopic (exact) mass is 132 g/mol. The first-order valence-corrected chi connectivity index (χ1v) is 3.19. The number of methoxy groups -OCH3 is 1. The predicted molar refractivity (Wildman–Crippen MR) is 31.7 cm³/mol. The van der Waals surface area contributed by atoms with Crippen LogP contribution < -0.4 is 0 Å². The van der Waals surface area contributed by atoms with Crippen molar-refractivity contribution in [3.05, 3.63) is 0 Å². The van der Waals surface area contributed by atoms with Crippen LogP contribution in [0.15, 0.2) is 0 Å². The van der Waals surface area contributed by atoms with E-state index in [-0.39, 0.29) is 6.29 Å². The van der Waals surface area contributed by atoms with Crippen molar-refractivity contribution >= 4 is 0 Å². The summed E-state index contributed by atoms with van der Waals surface area (Å²) in [6.45, 7) is 0. The number of hydrogen-bond acceptors (Lipinski definition) is 3. The van der Waals surface area contributed by atoms with Crippen LogP contribution in [0.25, 0.3) is 0 Å². The zero-order valence-corrected chi connectivity index (χ0v) is 5.54. The molecule has 3 heteroatoms. The molecule has 3 nitrogen and oxygen atoms in total. The molecule has 0 amide bonds. The van der Waals surface area contributed by atoms with Crippen molar-refractivity contribution in [2.75, 3.05) is 7.11 Å². The third-order valence-corrected chi connectivity index (χ3v) is 1.46. The van der Waals surface area contributed by atoms with Crippen LogP contribution >= 0.6 is 0 Å². The first kappa shape index (κ1) is 6.99. The van der Waals surface area contributed by atoms with E-state index in [0.29, 0.717) is 0 Å². The fraction of sp³-hybridized carbons (Fsp3) is 1.00. The Hall–Kier alpha value is -0.120. The van der Waals surface area contributed by atoms with E-state index < -0.39 is 6.29 Å². The van der Waals surface area contributed by atoms with Crippen molar-refractivity contribution in [2.45, 2.75) is 31.8 Å². The first-order valence-electron chi connectivity index (χ1n) is 3.19. The van der Waals surface area contributed by atoms with Crippen LogP contribution in [0.5, 0.6) is 0 Å². The fourth-order valence-electron chi connectivity index (χ4n) is 0.944. The van der Waals surface area contributed by atoms with E-state index in [9.17, 15) is 0 Å². The van der Waals surface area contributed by atoms with Crippen LogP contribution in [0.2, 0.25) is 0 Å². The van der Waals surface area contributed by atoms with Crippen molar-refractivity contribution < 1.29 is 14.6 Å². The molecular weight excluding hydrogens is 120 g/mol. The molecule has 1 fully saturated rings. The Morgan fingerprint density at radius 1 is 1.56 bits per heavy atom. The molecule has 0 aromatic carbocycles. The summed E-state index contributed by atoms with van der Waals surface area (Å²) in [4.78, 5) is 0.